The number of Topliss-reactive ketones (excluding diaryl/α,β-unsaturated/α-hetero) is 1. The van der Waals surface area contributed by atoms with E-state index < -0.39 is 17.7 Å². The van der Waals surface area contributed by atoms with Crippen molar-refractivity contribution < 1.29 is 19.4 Å². The third-order valence-corrected chi connectivity index (χ3v) is 5.92. The minimum Gasteiger partial charge on any atom is -0.507 e. The molecule has 35 heavy (non-hydrogen) atoms. The van der Waals surface area contributed by atoms with E-state index in [2.05, 4.69) is 4.98 Å². The molecule has 1 aliphatic rings. The molecule has 6 nitrogen and oxygen atoms in total. The van der Waals surface area contributed by atoms with Crippen LogP contribution in [0.2, 0.25) is 0 Å². The Labute approximate surface area is 203 Å². The van der Waals surface area contributed by atoms with Gasteiger partial charge in [-0.2, -0.15) is 0 Å². The number of fused-ring (bicyclic) bond motifs is 1. The SMILES string of the molecule is CC(C)Oc1cccc(/C(O)=C2\C(=O)C(=O)N(c3cccc4ccccc34)C2c2ccccn2)c1. The quantitative estimate of drug-likeness (QED) is 0.235. The average Bonchev–Trinajstić information content (AvgIpc) is 3.13. The molecule has 5 rings (SSSR count). The summed E-state index contributed by atoms with van der Waals surface area (Å²) >= 11 is 0. The van der Waals surface area contributed by atoms with Crippen LogP contribution in [-0.4, -0.2) is 27.9 Å². The van der Waals surface area contributed by atoms with Gasteiger partial charge in [-0.15, -0.1) is 0 Å². The third kappa shape index (κ3) is 4.04. The lowest BCUT2D eigenvalue weighted by atomic mass is 9.97. The van der Waals surface area contributed by atoms with Crippen molar-refractivity contribution in [2.75, 3.05) is 4.90 Å². The zero-order valence-electron chi connectivity index (χ0n) is 19.4. The fraction of sp³-hybridized carbons (Fsp3) is 0.138. The summed E-state index contributed by atoms with van der Waals surface area (Å²) in [6.07, 6.45) is 1.55. The first kappa shape index (κ1) is 22.3. The largest absolute Gasteiger partial charge is 0.507 e. The predicted octanol–water partition coefficient (Wildman–Crippen LogP) is 5.65. The Balaban J connectivity index is 1.73. The lowest BCUT2D eigenvalue weighted by molar-refractivity contribution is -0.132. The molecular formula is C29H24N2O4. The summed E-state index contributed by atoms with van der Waals surface area (Å²) in [7, 11) is 0. The highest BCUT2D eigenvalue weighted by atomic mass is 16.5. The van der Waals surface area contributed by atoms with Crippen molar-refractivity contribution in [1.29, 1.82) is 0 Å². The molecule has 6 heteroatoms. The highest BCUT2D eigenvalue weighted by Crippen LogP contribution is 2.43. The second-order valence-corrected chi connectivity index (χ2v) is 8.62. The number of hydrogen-bond donors (Lipinski definition) is 1. The van der Waals surface area contributed by atoms with Gasteiger partial charge in [0.15, 0.2) is 0 Å². The van der Waals surface area contributed by atoms with Crippen LogP contribution in [0, 0.1) is 0 Å². The smallest absolute Gasteiger partial charge is 0.300 e. The zero-order chi connectivity index (χ0) is 24.5. The molecular weight excluding hydrogens is 440 g/mol. The minimum atomic E-state index is -0.892. The van der Waals surface area contributed by atoms with E-state index in [4.69, 9.17) is 4.74 Å². The van der Waals surface area contributed by atoms with Crippen LogP contribution < -0.4 is 9.64 Å². The van der Waals surface area contributed by atoms with Crippen LogP contribution in [0.15, 0.2) is 96.7 Å². The molecule has 1 N–H and O–H groups in total. The second-order valence-electron chi connectivity index (χ2n) is 8.62. The summed E-state index contributed by atoms with van der Waals surface area (Å²) in [5.41, 5.74) is 1.44. The van der Waals surface area contributed by atoms with Crippen LogP contribution in [0.5, 0.6) is 5.75 Å². The van der Waals surface area contributed by atoms with Gasteiger partial charge in [0.25, 0.3) is 11.7 Å². The van der Waals surface area contributed by atoms with Crippen LogP contribution in [0.25, 0.3) is 16.5 Å². The summed E-state index contributed by atoms with van der Waals surface area (Å²) in [5, 5.41) is 13.1. The second kappa shape index (κ2) is 9.06. The van der Waals surface area contributed by atoms with Crippen molar-refractivity contribution in [2.24, 2.45) is 0 Å². The van der Waals surface area contributed by atoms with Gasteiger partial charge in [-0.1, -0.05) is 54.6 Å². The van der Waals surface area contributed by atoms with Gasteiger partial charge in [0.2, 0.25) is 0 Å². The van der Waals surface area contributed by atoms with E-state index in [1.165, 1.54) is 4.90 Å². The lowest BCUT2D eigenvalue weighted by Gasteiger charge is -2.25. The van der Waals surface area contributed by atoms with Gasteiger partial charge in [-0.05, 0) is 49.6 Å². The van der Waals surface area contributed by atoms with Crippen molar-refractivity contribution >= 4 is 33.9 Å². The molecule has 0 saturated carbocycles. The Bertz CT molecular complexity index is 1450. The first-order chi connectivity index (χ1) is 17.0. The number of rotatable bonds is 5. The standard InChI is InChI=1S/C29H24N2O4/c1-18(2)35-21-12-7-11-20(17-21)27(32)25-26(23-14-5-6-16-30-23)31(29(34)28(25)33)24-15-8-10-19-9-3-4-13-22(19)24/h3-18,26,32H,1-2H3/b27-25+. The number of aromatic nitrogens is 1. The number of amides is 1. The topological polar surface area (TPSA) is 79.7 Å². The molecule has 1 saturated heterocycles. The molecule has 0 bridgehead atoms. The molecule has 0 spiro atoms. The van der Waals surface area contributed by atoms with E-state index in [0.29, 0.717) is 22.7 Å². The Morgan fingerprint density at radius 2 is 1.69 bits per heavy atom. The van der Waals surface area contributed by atoms with E-state index in [-0.39, 0.29) is 17.4 Å². The maximum absolute atomic E-state index is 13.5. The molecule has 2 heterocycles. The Morgan fingerprint density at radius 1 is 0.943 bits per heavy atom. The van der Waals surface area contributed by atoms with E-state index in [9.17, 15) is 14.7 Å². The van der Waals surface area contributed by atoms with Crippen molar-refractivity contribution in [1.82, 2.24) is 4.98 Å². The van der Waals surface area contributed by atoms with Crippen molar-refractivity contribution in [3.8, 4) is 5.75 Å². The number of carbonyl (C=O) groups excluding carboxylic acids is 2. The number of aliphatic hydroxyl groups excluding tert-OH is 1. The normalized spacial score (nSPS) is 17.3. The summed E-state index contributed by atoms with van der Waals surface area (Å²) in [4.78, 5) is 32.8. The Morgan fingerprint density at radius 3 is 2.46 bits per heavy atom. The van der Waals surface area contributed by atoms with Gasteiger partial charge < -0.3 is 9.84 Å². The maximum atomic E-state index is 13.5. The van der Waals surface area contributed by atoms with Gasteiger partial charge in [-0.25, -0.2) is 0 Å². The van der Waals surface area contributed by atoms with Crippen LogP contribution in [0.4, 0.5) is 5.69 Å². The molecule has 3 aromatic carbocycles. The van der Waals surface area contributed by atoms with E-state index in [1.54, 1.807) is 54.7 Å². The van der Waals surface area contributed by atoms with Crippen LogP contribution in [0.3, 0.4) is 0 Å². The van der Waals surface area contributed by atoms with Gasteiger partial charge in [0.1, 0.15) is 17.6 Å². The van der Waals surface area contributed by atoms with Gasteiger partial charge in [0, 0.05) is 17.1 Å². The predicted molar refractivity (Wildman–Crippen MR) is 135 cm³/mol. The van der Waals surface area contributed by atoms with Gasteiger partial charge in [-0.3, -0.25) is 19.5 Å². The fourth-order valence-electron chi connectivity index (χ4n) is 4.46. The number of ether oxygens (including phenoxy) is 1. The number of ketones is 1. The van der Waals surface area contributed by atoms with Crippen molar-refractivity contribution in [2.45, 2.75) is 26.0 Å². The van der Waals surface area contributed by atoms with Gasteiger partial charge >= 0.3 is 0 Å². The van der Waals surface area contributed by atoms with Crippen LogP contribution in [0.1, 0.15) is 31.1 Å². The number of nitrogens with zero attached hydrogens (tertiary/aromatic N) is 2. The van der Waals surface area contributed by atoms with Crippen LogP contribution >= 0.6 is 0 Å². The van der Waals surface area contributed by atoms with Crippen molar-refractivity contribution in [3.05, 3.63) is 108 Å². The molecule has 174 valence electrons. The zero-order valence-corrected chi connectivity index (χ0v) is 19.4. The summed E-state index contributed by atoms with van der Waals surface area (Å²) < 4.78 is 5.76. The maximum Gasteiger partial charge on any atom is 0.300 e. The summed E-state index contributed by atoms with van der Waals surface area (Å²) in [6, 6.07) is 24.6. The van der Waals surface area contributed by atoms with Gasteiger partial charge in [0.05, 0.1) is 23.1 Å². The van der Waals surface area contributed by atoms with Crippen LogP contribution in [-0.2, 0) is 9.59 Å². The summed E-state index contributed by atoms with van der Waals surface area (Å²) in [5.74, 6) is -1.19. The fourth-order valence-corrected chi connectivity index (χ4v) is 4.46. The minimum absolute atomic E-state index is 0.0108. The van der Waals surface area contributed by atoms with E-state index in [1.807, 2.05) is 50.2 Å². The lowest BCUT2D eigenvalue weighted by Crippen LogP contribution is -2.30. The van der Waals surface area contributed by atoms with Crippen molar-refractivity contribution in [3.63, 3.8) is 0 Å². The highest BCUT2D eigenvalue weighted by Gasteiger charge is 2.48. The molecule has 0 aliphatic carbocycles. The first-order valence-corrected chi connectivity index (χ1v) is 11.4. The molecule has 1 unspecified atom stereocenters. The number of pyridine rings is 1. The molecule has 4 aromatic rings. The monoisotopic (exact) mass is 464 g/mol. The number of hydrogen-bond acceptors (Lipinski definition) is 5. The van der Waals surface area contributed by atoms with E-state index >= 15 is 0 Å². The molecule has 1 aromatic heterocycles. The number of benzene rings is 3. The molecule has 1 amide bonds. The number of anilines is 1. The number of aliphatic hydroxyl groups is 1. The molecule has 1 atom stereocenters. The molecule has 1 fully saturated rings. The summed E-state index contributed by atoms with van der Waals surface area (Å²) in [6.45, 7) is 3.81. The molecule has 0 radical (unpaired) electrons. The van der Waals surface area contributed by atoms with E-state index in [0.717, 1.165) is 10.8 Å². The first-order valence-electron chi connectivity index (χ1n) is 11.4. The Hall–Kier alpha value is -4.45. The Kier molecular flexibility index (Phi) is 5.79. The highest BCUT2D eigenvalue weighted by molar-refractivity contribution is 6.52. The third-order valence-electron chi connectivity index (χ3n) is 5.92. The molecule has 1 aliphatic heterocycles. The average molecular weight is 465 g/mol. The number of carbonyl (C=O) groups is 2.